The Balaban J connectivity index is 2.05. The van der Waals surface area contributed by atoms with Crippen molar-refractivity contribution < 1.29 is 13.2 Å². The van der Waals surface area contributed by atoms with Crippen LogP contribution in [0.15, 0.2) is 15.9 Å². The minimum Gasteiger partial charge on any atom is -0.327 e. The SMILES string of the molecule is NC(Cc1cc(Br)cs1)C1CCCCC1C(F)(F)F. The summed E-state index contributed by atoms with van der Waals surface area (Å²) < 4.78 is 40.1. The Morgan fingerprint density at radius 2 is 2.05 bits per heavy atom. The summed E-state index contributed by atoms with van der Waals surface area (Å²) in [5, 5.41) is 1.93. The fourth-order valence-electron chi connectivity index (χ4n) is 2.92. The lowest BCUT2D eigenvalue weighted by atomic mass is 9.74. The number of alkyl halides is 3. The van der Waals surface area contributed by atoms with Crippen molar-refractivity contribution in [2.24, 2.45) is 17.6 Å². The highest BCUT2D eigenvalue weighted by Gasteiger charge is 2.47. The van der Waals surface area contributed by atoms with Crippen LogP contribution in [-0.4, -0.2) is 12.2 Å². The first-order chi connectivity index (χ1) is 8.88. The summed E-state index contributed by atoms with van der Waals surface area (Å²) in [6.07, 6.45) is -1.23. The van der Waals surface area contributed by atoms with Gasteiger partial charge in [-0.3, -0.25) is 0 Å². The number of rotatable bonds is 3. The molecule has 1 saturated carbocycles. The van der Waals surface area contributed by atoms with Crippen LogP contribution in [0.3, 0.4) is 0 Å². The molecule has 0 spiro atoms. The van der Waals surface area contributed by atoms with E-state index in [4.69, 9.17) is 5.73 Å². The molecule has 3 unspecified atom stereocenters. The molecule has 108 valence electrons. The third-order valence-electron chi connectivity index (χ3n) is 3.85. The van der Waals surface area contributed by atoms with Crippen LogP contribution >= 0.6 is 27.3 Å². The number of halogens is 4. The van der Waals surface area contributed by atoms with Gasteiger partial charge < -0.3 is 5.73 Å². The van der Waals surface area contributed by atoms with Crippen molar-refractivity contribution in [1.29, 1.82) is 0 Å². The van der Waals surface area contributed by atoms with Crippen LogP contribution in [0.25, 0.3) is 0 Å². The molecule has 1 aromatic rings. The quantitative estimate of drug-likeness (QED) is 0.831. The third kappa shape index (κ3) is 3.95. The number of hydrogen-bond donors (Lipinski definition) is 1. The molecule has 19 heavy (non-hydrogen) atoms. The summed E-state index contributed by atoms with van der Waals surface area (Å²) in [7, 11) is 0. The Kier molecular flexibility index (Phi) is 4.95. The predicted octanol–water partition coefficient (Wildman–Crippen LogP) is 4.75. The summed E-state index contributed by atoms with van der Waals surface area (Å²) in [5.74, 6) is -1.66. The molecular weight excluding hydrogens is 339 g/mol. The molecule has 2 N–H and O–H groups in total. The van der Waals surface area contributed by atoms with Gasteiger partial charge in [0.15, 0.2) is 0 Å². The summed E-state index contributed by atoms with van der Waals surface area (Å²) in [6, 6.07) is 1.54. The van der Waals surface area contributed by atoms with E-state index in [0.29, 0.717) is 19.3 Å². The van der Waals surface area contributed by atoms with E-state index >= 15 is 0 Å². The van der Waals surface area contributed by atoms with E-state index < -0.39 is 24.1 Å². The molecule has 1 aliphatic rings. The minimum absolute atomic E-state index is 0.232. The lowest BCUT2D eigenvalue weighted by Gasteiger charge is -2.36. The Morgan fingerprint density at radius 3 is 2.63 bits per heavy atom. The van der Waals surface area contributed by atoms with Gasteiger partial charge in [-0.25, -0.2) is 0 Å². The summed E-state index contributed by atoms with van der Waals surface area (Å²) in [5.41, 5.74) is 6.07. The molecule has 0 bridgehead atoms. The Hall–Kier alpha value is -0.0700. The maximum Gasteiger partial charge on any atom is 0.392 e. The third-order valence-corrected chi connectivity index (χ3v) is 5.57. The van der Waals surface area contributed by atoms with Crippen molar-refractivity contribution in [2.75, 3.05) is 0 Å². The van der Waals surface area contributed by atoms with Crippen molar-refractivity contribution in [1.82, 2.24) is 0 Å². The molecule has 0 aliphatic heterocycles. The molecule has 0 saturated heterocycles. The van der Waals surface area contributed by atoms with Crippen molar-refractivity contribution >= 4 is 27.3 Å². The van der Waals surface area contributed by atoms with Crippen molar-refractivity contribution in [3.63, 3.8) is 0 Å². The average molecular weight is 356 g/mol. The second-order valence-corrected chi connectivity index (χ2v) is 7.11. The number of hydrogen-bond acceptors (Lipinski definition) is 2. The normalized spacial score (nSPS) is 26.4. The zero-order chi connectivity index (χ0) is 14.0. The van der Waals surface area contributed by atoms with Crippen LogP contribution in [0.2, 0.25) is 0 Å². The van der Waals surface area contributed by atoms with Crippen molar-refractivity contribution in [3.05, 3.63) is 20.8 Å². The number of nitrogens with two attached hydrogens (primary N) is 1. The van der Waals surface area contributed by atoms with E-state index in [0.717, 1.165) is 15.8 Å². The molecule has 0 aromatic carbocycles. The van der Waals surface area contributed by atoms with Crippen LogP contribution in [-0.2, 0) is 6.42 Å². The number of thiophene rings is 1. The molecule has 6 heteroatoms. The Labute approximate surface area is 123 Å². The van der Waals surface area contributed by atoms with Gasteiger partial charge in [0.2, 0.25) is 0 Å². The second kappa shape index (κ2) is 6.14. The Morgan fingerprint density at radius 1 is 1.37 bits per heavy atom. The van der Waals surface area contributed by atoms with Gasteiger partial charge in [-0.15, -0.1) is 11.3 Å². The van der Waals surface area contributed by atoms with Gasteiger partial charge >= 0.3 is 6.18 Å². The summed E-state index contributed by atoms with van der Waals surface area (Å²) in [4.78, 5) is 1.05. The van der Waals surface area contributed by atoms with Crippen LogP contribution in [0.1, 0.15) is 30.6 Å². The van der Waals surface area contributed by atoms with E-state index in [1.807, 2.05) is 11.4 Å². The minimum atomic E-state index is -4.11. The Bertz CT molecular complexity index is 418. The fraction of sp³-hybridized carbons (Fsp3) is 0.692. The van der Waals surface area contributed by atoms with E-state index in [-0.39, 0.29) is 6.42 Å². The van der Waals surface area contributed by atoms with Gasteiger partial charge in [0.1, 0.15) is 0 Å². The van der Waals surface area contributed by atoms with E-state index in [2.05, 4.69) is 15.9 Å². The maximum absolute atomic E-state index is 13.0. The largest absolute Gasteiger partial charge is 0.392 e. The molecule has 1 fully saturated rings. The lowest BCUT2D eigenvalue weighted by molar-refractivity contribution is -0.198. The molecule has 1 aliphatic carbocycles. The predicted molar refractivity (Wildman–Crippen MR) is 75.2 cm³/mol. The van der Waals surface area contributed by atoms with Crippen molar-refractivity contribution in [2.45, 2.75) is 44.3 Å². The highest BCUT2D eigenvalue weighted by atomic mass is 79.9. The van der Waals surface area contributed by atoms with Gasteiger partial charge in [-0.2, -0.15) is 13.2 Å². The smallest absolute Gasteiger partial charge is 0.327 e. The zero-order valence-electron chi connectivity index (χ0n) is 10.4. The monoisotopic (exact) mass is 355 g/mol. The first-order valence-corrected chi connectivity index (χ1v) is 8.10. The second-order valence-electron chi connectivity index (χ2n) is 5.20. The summed E-state index contributed by atoms with van der Waals surface area (Å²) in [6.45, 7) is 0. The van der Waals surface area contributed by atoms with Gasteiger partial charge in [0.25, 0.3) is 0 Å². The molecule has 0 amide bonds. The molecule has 0 radical (unpaired) electrons. The molecule has 1 nitrogen and oxygen atoms in total. The maximum atomic E-state index is 13.0. The van der Waals surface area contributed by atoms with E-state index in [1.165, 1.54) is 0 Å². The van der Waals surface area contributed by atoms with E-state index in [1.54, 1.807) is 11.3 Å². The van der Waals surface area contributed by atoms with Crippen LogP contribution in [0, 0.1) is 11.8 Å². The fourth-order valence-corrected chi connectivity index (χ4v) is 4.45. The molecule has 3 atom stereocenters. The van der Waals surface area contributed by atoms with Gasteiger partial charge in [-0.1, -0.05) is 12.8 Å². The van der Waals surface area contributed by atoms with Gasteiger partial charge in [-0.05, 0) is 47.2 Å². The van der Waals surface area contributed by atoms with Crippen molar-refractivity contribution in [3.8, 4) is 0 Å². The summed E-state index contributed by atoms with van der Waals surface area (Å²) >= 11 is 4.89. The molecule has 1 heterocycles. The standard InChI is InChI=1S/C13H17BrF3NS/c14-8-5-9(19-7-8)6-12(18)10-3-1-2-4-11(10)13(15,16)17/h5,7,10-12H,1-4,6,18H2. The lowest BCUT2D eigenvalue weighted by Crippen LogP contribution is -2.44. The van der Waals surface area contributed by atoms with Gasteiger partial charge in [0.05, 0.1) is 5.92 Å². The van der Waals surface area contributed by atoms with Crippen LogP contribution < -0.4 is 5.73 Å². The van der Waals surface area contributed by atoms with Crippen LogP contribution in [0.4, 0.5) is 13.2 Å². The topological polar surface area (TPSA) is 26.0 Å². The first-order valence-electron chi connectivity index (χ1n) is 6.43. The highest BCUT2D eigenvalue weighted by molar-refractivity contribution is 9.10. The van der Waals surface area contributed by atoms with Crippen LogP contribution in [0.5, 0.6) is 0 Å². The van der Waals surface area contributed by atoms with Gasteiger partial charge in [0, 0.05) is 20.8 Å². The molecule has 1 aromatic heterocycles. The zero-order valence-corrected chi connectivity index (χ0v) is 12.8. The molecule has 2 rings (SSSR count). The molecular formula is C13H17BrF3NS. The highest BCUT2D eigenvalue weighted by Crippen LogP contribution is 2.43. The average Bonchev–Trinajstić information content (AvgIpc) is 2.73. The first kappa shape index (κ1) is 15.3. The van der Waals surface area contributed by atoms with E-state index in [9.17, 15) is 13.2 Å².